The molecule has 1 aliphatic carbocycles. The molecular formula is C24H27N3O4. The highest BCUT2D eigenvalue weighted by Crippen LogP contribution is 2.26. The minimum atomic E-state index is -1.04. The number of carbonyl (C=O) groups excluding carboxylic acids is 3. The lowest BCUT2D eigenvalue weighted by atomic mass is 9.93. The Kier molecular flexibility index (Phi) is 5.67. The summed E-state index contributed by atoms with van der Waals surface area (Å²) < 4.78 is 5.16. The zero-order valence-corrected chi connectivity index (χ0v) is 17.9. The Hall–Kier alpha value is -3.35. The smallest absolute Gasteiger partial charge is 0.325 e. The number of anilines is 1. The van der Waals surface area contributed by atoms with Crippen molar-refractivity contribution in [2.24, 2.45) is 0 Å². The molecule has 1 saturated heterocycles. The fraction of sp³-hybridized carbons (Fsp3) is 0.375. The highest BCUT2D eigenvalue weighted by Gasteiger charge is 2.47. The highest BCUT2D eigenvalue weighted by atomic mass is 16.5. The van der Waals surface area contributed by atoms with Crippen molar-refractivity contribution < 1.29 is 19.1 Å². The third kappa shape index (κ3) is 4.40. The van der Waals surface area contributed by atoms with Crippen LogP contribution in [0.4, 0.5) is 10.5 Å². The van der Waals surface area contributed by atoms with Crippen molar-refractivity contribution in [1.82, 2.24) is 10.2 Å². The second kappa shape index (κ2) is 8.41. The van der Waals surface area contributed by atoms with Gasteiger partial charge in [-0.15, -0.1) is 0 Å². The van der Waals surface area contributed by atoms with Gasteiger partial charge in [-0.2, -0.15) is 0 Å². The first kappa shape index (κ1) is 20.9. The third-order valence-corrected chi connectivity index (χ3v) is 6.10. The van der Waals surface area contributed by atoms with Gasteiger partial charge in [-0.1, -0.05) is 18.2 Å². The van der Waals surface area contributed by atoms with Crippen molar-refractivity contribution in [2.45, 2.75) is 44.6 Å². The number of hydrogen-bond donors (Lipinski definition) is 2. The van der Waals surface area contributed by atoms with Crippen LogP contribution in [0.3, 0.4) is 0 Å². The summed E-state index contributed by atoms with van der Waals surface area (Å²) in [5.41, 5.74) is 3.26. The average molecular weight is 421 g/mol. The molecule has 1 aliphatic heterocycles. The molecule has 4 amide bonds. The fourth-order valence-electron chi connectivity index (χ4n) is 4.24. The summed E-state index contributed by atoms with van der Waals surface area (Å²) >= 11 is 0. The number of hydrogen-bond acceptors (Lipinski definition) is 4. The van der Waals surface area contributed by atoms with Gasteiger partial charge in [0.25, 0.3) is 5.91 Å². The largest absolute Gasteiger partial charge is 0.497 e. The first-order valence-corrected chi connectivity index (χ1v) is 10.6. The monoisotopic (exact) mass is 421 g/mol. The number of benzene rings is 2. The van der Waals surface area contributed by atoms with E-state index in [1.807, 2.05) is 42.5 Å². The molecule has 1 atom stereocenters. The van der Waals surface area contributed by atoms with E-state index in [9.17, 15) is 14.4 Å². The predicted molar refractivity (Wildman–Crippen MR) is 117 cm³/mol. The topological polar surface area (TPSA) is 87.7 Å². The van der Waals surface area contributed by atoms with Gasteiger partial charge in [0, 0.05) is 5.69 Å². The lowest BCUT2D eigenvalue weighted by Gasteiger charge is -2.21. The summed E-state index contributed by atoms with van der Waals surface area (Å²) in [5, 5.41) is 5.57. The summed E-state index contributed by atoms with van der Waals surface area (Å²) in [7, 11) is 1.61. The van der Waals surface area contributed by atoms with E-state index < -0.39 is 11.6 Å². The Labute approximate surface area is 181 Å². The zero-order valence-electron chi connectivity index (χ0n) is 17.9. The van der Waals surface area contributed by atoms with Crippen LogP contribution >= 0.6 is 0 Å². The molecule has 2 aromatic carbocycles. The number of nitrogens with zero attached hydrogens (tertiary/aromatic N) is 1. The summed E-state index contributed by atoms with van der Waals surface area (Å²) in [6, 6.07) is 12.9. The van der Waals surface area contributed by atoms with Crippen LogP contribution in [0.15, 0.2) is 42.5 Å². The molecule has 0 saturated carbocycles. The van der Waals surface area contributed by atoms with Crippen LogP contribution in [0.2, 0.25) is 0 Å². The lowest BCUT2D eigenvalue weighted by Crippen LogP contribution is -2.45. The van der Waals surface area contributed by atoms with E-state index >= 15 is 0 Å². The highest BCUT2D eigenvalue weighted by molar-refractivity contribution is 6.09. The number of carbonyl (C=O) groups is 3. The van der Waals surface area contributed by atoms with E-state index in [-0.39, 0.29) is 18.4 Å². The van der Waals surface area contributed by atoms with Crippen LogP contribution in [0, 0.1) is 0 Å². The number of nitrogens with one attached hydrogen (secondary N) is 2. The van der Waals surface area contributed by atoms with Crippen molar-refractivity contribution in [3.63, 3.8) is 0 Å². The van der Waals surface area contributed by atoms with Crippen LogP contribution in [0.25, 0.3) is 0 Å². The van der Waals surface area contributed by atoms with Gasteiger partial charge in [-0.25, -0.2) is 4.79 Å². The number of fused-ring (bicyclic) bond motifs is 1. The SMILES string of the molecule is COc1ccc(CCC2(C)NC(=O)N(CC(=O)Nc3ccc4c(c3)CCC4)C2=O)cc1. The maximum Gasteiger partial charge on any atom is 0.325 e. The Bertz CT molecular complexity index is 1020. The molecule has 1 fully saturated rings. The minimum Gasteiger partial charge on any atom is -0.497 e. The van der Waals surface area contributed by atoms with Gasteiger partial charge in [0.15, 0.2) is 0 Å². The molecular weight excluding hydrogens is 394 g/mol. The Morgan fingerprint density at radius 2 is 1.87 bits per heavy atom. The van der Waals surface area contributed by atoms with E-state index in [2.05, 4.69) is 10.6 Å². The molecule has 4 rings (SSSR count). The summed E-state index contributed by atoms with van der Waals surface area (Å²) in [5.74, 6) is -0.00303. The summed E-state index contributed by atoms with van der Waals surface area (Å²) in [4.78, 5) is 38.9. The van der Waals surface area contributed by atoms with E-state index in [1.54, 1.807) is 14.0 Å². The van der Waals surface area contributed by atoms with Gasteiger partial charge < -0.3 is 15.4 Å². The molecule has 0 spiro atoms. The normalized spacial score (nSPS) is 19.9. The third-order valence-electron chi connectivity index (χ3n) is 6.10. The van der Waals surface area contributed by atoms with Crippen molar-refractivity contribution in [1.29, 1.82) is 0 Å². The van der Waals surface area contributed by atoms with Gasteiger partial charge in [0.05, 0.1) is 7.11 Å². The predicted octanol–water partition coefficient (Wildman–Crippen LogP) is 3.07. The molecule has 2 N–H and O–H groups in total. The molecule has 0 aromatic heterocycles. The quantitative estimate of drug-likeness (QED) is 0.673. The van der Waals surface area contributed by atoms with Gasteiger partial charge in [-0.3, -0.25) is 14.5 Å². The molecule has 1 unspecified atom stereocenters. The van der Waals surface area contributed by atoms with Crippen molar-refractivity contribution in [3.05, 3.63) is 59.2 Å². The maximum absolute atomic E-state index is 12.9. The molecule has 0 bridgehead atoms. The van der Waals surface area contributed by atoms with E-state index in [1.165, 1.54) is 11.1 Å². The maximum atomic E-state index is 12.9. The van der Waals surface area contributed by atoms with E-state index in [4.69, 9.17) is 4.74 Å². The zero-order chi connectivity index (χ0) is 22.0. The van der Waals surface area contributed by atoms with Gasteiger partial charge >= 0.3 is 6.03 Å². The van der Waals surface area contributed by atoms with Gasteiger partial charge in [-0.05, 0) is 80.0 Å². The summed E-state index contributed by atoms with van der Waals surface area (Å²) in [6.45, 7) is 1.40. The minimum absolute atomic E-state index is 0.306. The van der Waals surface area contributed by atoms with E-state index in [0.717, 1.165) is 35.5 Å². The molecule has 7 heteroatoms. The fourth-order valence-corrected chi connectivity index (χ4v) is 4.24. The molecule has 7 nitrogen and oxygen atoms in total. The standard InChI is InChI=1S/C24H27N3O4/c1-24(13-12-16-6-10-20(31-2)11-7-16)22(29)27(23(30)26-24)15-21(28)25-19-9-8-17-4-3-5-18(17)14-19/h6-11,14H,3-5,12-13,15H2,1-2H3,(H,25,28)(H,26,30). The number of aryl methyl sites for hydroxylation is 3. The molecule has 31 heavy (non-hydrogen) atoms. The van der Waals surface area contributed by atoms with Crippen LogP contribution < -0.4 is 15.4 Å². The van der Waals surface area contributed by atoms with Gasteiger partial charge in [0.1, 0.15) is 17.8 Å². The lowest BCUT2D eigenvalue weighted by molar-refractivity contribution is -0.133. The second-order valence-electron chi connectivity index (χ2n) is 8.39. The van der Waals surface area contributed by atoms with Crippen molar-refractivity contribution in [2.75, 3.05) is 19.0 Å². The first-order chi connectivity index (χ1) is 14.9. The molecule has 2 aromatic rings. The molecule has 162 valence electrons. The van der Waals surface area contributed by atoms with Crippen LogP contribution in [-0.4, -0.2) is 41.9 Å². The molecule has 2 aliphatic rings. The van der Waals surface area contributed by atoms with Gasteiger partial charge in [0.2, 0.25) is 5.91 Å². The summed E-state index contributed by atoms with van der Waals surface area (Å²) in [6.07, 6.45) is 4.26. The Morgan fingerprint density at radius 3 is 2.61 bits per heavy atom. The number of rotatable bonds is 7. The van der Waals surface area contributed by atoms with E-state index in [0.29, 0.717) is 18.5 Å². The first-order valence-electron chi connectivity index (χ1n) is 10.6. The number of urea groups is 1. The van der Waals surface area contributed by atoms with Crippen LogP contribution in [0.5, 0.6) is 5.75 Å². The second-order valence-corrected chi connectivity index (χ2v) is 8.39. The molecule has 0 radical (unpaired) electrons. The Balaban J connectivity index is 1.36. The number of methoxy groups -OCH3 is 1. The number of imide groups is 1. The van der Waals surface area contributed by atoms with Crippen molar-refractivity contribution in [3.8, 4) is 5.75 Å². The number of amides is 4. The average Bonchev–Trinajstić information content (AvgIpc) is 3.31. The van der Waals surface area contributed by atoms with Crippen LogP contribution in [-0.2, 0) is 28.9 Å². The van der Waals surface area contributed by atoms with Crippen LogP contribution in [0.1, 0.15) is 36.5 Å². The number of ether oxygens (including phenoxy) is 1. The molecule has 1 heterocycles. The van der Waals surface area contributed by atoms with Crippen molar-refractivity contribution >= 4 is 23.5 Å². The Morgan fingerprint density at radius 1 is 1.13 bits per heavy atom.